The Labute approximate surface area is 143 Å². The number of rotatable bonds is 5. The highest BCUT2D eigenvalue weighted by Gasteiger charge is 2.31. The zero-order valence-corrected chi connectivity index (χ0v) is 14.3. The van der Waals surface area contributed by atoms with Gasteiger partial charge in [0.2, 0.25) is 0 Å². The maximum atomic E-state index is 5.31. The summed E-state index contributed by atoms with van der Waals surface area (Å²) in [6, 6.07) is 27.2. The van der Waals surface area contributed by atoms with Crippen LogP contribution in [0.15, 0.2) is 78.9 Å². The highest BCUT2D eigenvalue weighted by molar-refractivity contribution is 5.51. The minimum atomic E-state index is -0.250. The summed E-state index contributed by atoms with van der Waals surface area (Å²) in [5.41, 5.74) is 3.44. The summed E-state index contributed by atoms with van der Waals surface area (Å²) in [4.78, 5) is 0. The Morgan fingerprint density at radius 2 is 0.917 bits per heavy atom. The van der Waals surface area contributed by atoms with E-state index in [1.54, 1.807) is 14.2 Å². The summed E-state index contributed by atoms with van der Waals surface area (Å²) in [5, 5.41) is 0. The van der Waals surface area contributed by atoms with Crippen molar-refractivity contribution in [3.05, 3.63) is 95.6 Å². The van der Waals surface area contributed by atoms with Crippen LogP contribution in [0.2, 0.25) is 0 Å². The standard InChI is InChI=1S/C22H22O2/c1-22(17-7-5-4-6-8-17,18-9-13-20(23-2)14-10-18)19-11-15-21(24-3)16-12-19/h4-16H,1-3H3. The van der Waals surface area contributed by atoms with E-state index in [4.69, 9.17) is 9.47 Å². The molecule has 0 aliphatic heterocycles. The lowest BCUT2D eigenvalue weighted by Gasteiger charge is -2.32. The molecule has 0 aromatic heterocycles. The normalized spacial score (nSPS) is 11.1. The summed E-state index contributed by atoms with van der Waals surface area (Å²) in [5.74, 6) is 1.73. The SMILES string of the molecule is COc1ccc(C(C)(c2ccccc2)c2ccc(OC)cc2)cc1. The van der Waals surface area contributed by atoms with Crippen LogP contribution in [0.4, 0.5) is 0 Å². The van der Waals surface area contributed by atoms with Crippen LogP contribution in [0.1, 0.15) is 23.6 Å². The average molecular weight is 318 g/mol. The van der Waals surface area contributed by atoms with E-state index in [2.05, 4.69) is 55.5 Å². The molecule has 0 spiro atoms. The molecule has 0 atom stereocenters. The Bertz CT molecular complexity index is 727. The fourth-order valence-electron chi connectivity index (χ4n) is 3.12. The third kappa shape index (κ3) is 2.88. The molecule has 0 heterocycles. The van der Waals surface area contributed by atoms with Crippen LogP contribution in [-0.2, 0) is 5.41 Å². The van der Waals surface area contributed by atoms with Crippen LogP contribution in [0, 0.1) is 0 Å². The van der Waals surface area contributed by atoms with Crippen LogP contribution >= 0.6 is 0 Å². The topological polar surface area (TPSA) is 18.5 Å². The quantitative estimate of drug-likeness (QED) is 0.612. The molecule has 0 saturated carbocycles. The summed E-state index contributed by atoms with van der Waals surface area (Å²) in [6.07, 6.45) is 0. The first kappa shape index (κ1) is 16.1. The van der Waals surface area contributed by atoms with Crippen molar-refractivity contribution in [3.8, 4) is 11.5 Å². The van der Waals surface area contributed by atoms with Gasteiger partial charge in [0.05, 0.1) is 14.2 Å². The van der Waals surface area contributed by atoms with Gasteiger partial charge in [-0.2, -0.15) is 0 Å². The van der Waals surface area contributed by atoms with E-state index < -0.39 is 0 Å². The predicted octanol–water partition coefficient (Wildman–Crippen LogP) is 5.06. The van der Waals surface area contributed by atoms with Gasteiger partial charge in [-0.3, -0.25) is 0 Å². The molecule has 0 N–H and O–H groups in total. The third-order valence-electron chi connectivity index (χ3n) is 4.69. The number of hydrogen-bond donors (Lipinski definition) is 0. The molecule has 0 amide bonds. The van der Waals surface area contributed by atoms with Crippen molar-refractivity contribution < 1.29 is 9.47 Å². The maximum absolute atomic E-state index is 5.31. The molecular weight excluding hydrogens is 296 g/mol. The Balaban J connectivity index is 2.16. The minimum absolute atomic E-state index is 0.250. The minimum Gasteiger partial charge on any atom is -0.497 e. The molecule has 3 aromatic rings. The largest absolute Gasteiger partial charge is 0.497 e. The first-order valence-corrected chi connectivity index (χ1v) is 8.03. The van der Waals surface area contributed by atoms with Crippen LogP contribution < -0.4 is 9.47 Å². The first-order chi connectivity index (χ1) is 11.7. The second-order valence-corrected chi connectivity index (χ2v) is 5.95. The van der Waals surface area contributed by atoms with E-state index in [1.807, 2.05) is 30.3 Å². The van der Waals surface area contributed by atoms with E-state index >= 15 is 0 Å². The highest BCUT2D eigenvalue weighted by Crippen LogP contribution is 2.39. The molecule has 0 unspecified atom stereocenters. The zero-order valence-electron chi connectivity index (χ0n) is 14.3. The molecule has 3 rings (SSSR count). The smallest absolute Gasteiger partial charge is 0.118 e. The van der Waals surface area contributed by atoms with Gasteiger partial charge in [-0.15, -0.1) is 0 Å². The molecule has 0 saturated heterocycles. The van der Waals surface area contributed by atoms with Gasteiger partial charge in [0.1, 0.15) is 11.5 Å². The predicted molar refractivity (Wildman–Crippen MR) is 98.0 cm³/mol. The maximum Gasteiger partial charge on any atom is 0.118 e. The highest BCUT2D eigenvalue weighted by atomic mass is 16.5. The fraction of sp³-hybridized carbons (Fsp3) is 0.182. The van der Waals surface area contributed by atoms with Crippen molar-refractivity contribution >= 4 is 0 Å². The van der Waals surface area contributed by atoms with E-state index in [9.17, 15) is 0 Å². The molecule has 122 valence electrons. The van der Waals surface area contributed by atoms with E-state index in [-0.39, 0.29) is 5.41 Å². The van der Waals surface area contributed by atoms with Crippen molar-refractivity contribution in [2.75, 3.05) is 14.2 Å². The Morgan fingerprint density at radius 3 is 1.29 bits per heavy atom. The monoisotopic (exact) mass is 318 g/mol. The van der Waals surface area contributed by atoms with E-state index in [0.29, 0.717) is 0 Å². The fourth-order valence-corrected chi connectivity index (χ4v) is 3.12. The summed E-state index contributed by atoms with van der Waals surface area (Å²) >= 11 is 0. The lowest BCUT2D eigenvalue weighted by molar-refractivity contribution is 0.414. The Hall–Kier alpha value is -2.74. The third-order valence-corrected chi connectivity index (χ3v) is 4.69. The van der Waals surface area contributed by atoms with Gasteiger partial charge < -0.3 is 9.47 Å². The molecule has 0 aliphatic rings. The number of benzene rings is 3. The molecule has 3 aromatic carbocycles. The summed E-state index contributed by atoms with van der Waals surface area (Å²) < 4.78 is 10.6. The van der Waals surface area contributed by atoms with Crippen LogP contribution in [0.3, 0.4) is 0 Å². The van der Waals surface area contributed by atoms with Crippen LogP contribution in [0.25, 0.3) is 0 Å². The first-order valence-electron chi connectivity index (χ1n) is 8.03. The average Bonchev–Trinajstić information content (AvgIpc) is 2.68. The van der Waals surface area contributed by atoms with E-state index in [1.165, 1.54) is 16.7 Å². The van der Waals surface area contributed by atoms with Crippen LogP contribution in [-0.4, -0.2) is 14.2 Å². The lowest BCUT2D eigenvalue weighted by atomic mass is 9.71. The molecule has 24 heavy (non-hydrogen) atoms. The van der Waals surface area contributed by atoms with Gasteiger partial charge in [0.15, 0.2) is 0 Å². The van der Waals surface area contributed by atoms with Gasteiger partial charge in [0.25, 0.3) is 0 Å². The summed E-state index contributed by atoms with van der Waals surface area (Å²) in [7, 11) is 3.38. The van der Waals surface area contributed by atoms with Gasteiger partial charge in [-0.25, -0.2) is 0 Å². The van der Waals surface area contributed by atoms with Gasteiger partial charge in [0, 0.05) is 5.41 Å². The number of methoxy groups -OCH3 is 2. The van der Waals surface area contributed by atoms with E-state index in [0.717, 1.165) is 11.5 Å². The van der Waals surface area contributed by atoms with Crippen molar-refractivity contribution in [2.45, 2.75) is 12.3 Å². The van der Waals surface area contributed by atoms with Crippen molar-refractivity contribution in [1.29, 1.82) is 0 Å². The number of hydrogen-bond acceptors (Lipinski definition) is 2. The van der Waals surface area contributed by atoms with Gasteiger partial charge in [-0.05, 0) is 47.9 Å². The Morgan fingerprint density at radius 1 is 0.542 bits per heavy atom. The number of ether oxygens (including phenoxy) is 2. The second kappa shape index (κ2) is 6.79. The van der Waals surface area contributed by atoms with Crippen LogP contribution in [0.5, 0.6) is 11.5 Å². The van der Waals surface area contributed by atoms with Gasteiger partial charge >= 0.3 is 0 Å². The molecule has 2 heteroatoms. The molecule has 0 radical (unpaired) electrons. The second-order valence-electron chi connectivity index (χ2n) is 5.95. The molecule has 0 fully saturated rings. The van der Waals surface area contributed by atoms with Gasteiger partial charge in [-0.1, -0.05) is 54.6 Å². The van der Waals surface area contributed by atoms with Crippen molar-refractivity contribution in [3.63, 3.8) is 0 Å². The summed E-state index contributed by atoms with van der Waals surface area (Å²) in [6.45, 7) is 2.26. The molecule has 0 aliphatic carbocycles. The Kier molecular flexibility index (Phi) is 4.57. The molecular formula is C22H22O2. The molecule has 2 nitrogen and oxygen atoms in total. The molecule has 0 bridgehead atoms. The lowest BCUT2D eigenvalue weighted by Crippen LogP contribution is -2.25. The van der Waals surface area contributed by atoms with Crippen molar-refractivity contribution in [1.82, 2.24) is 0 Å². The van der Waals surface area contributed by atoms with Crippen molar-refractivity contribution in [2.24, 2.45) is 0 Å². The zero-order chi connectivity index (χ0) is 17.0.